The summed E-state index contributed by atoms with van der Waals surface area (Å²) in [4.78, 5) is 47.4. The molecule has 8 nitrogen and oxygen atoms in total. The first kappa shape index (κ1) is 17.5. The number of esters is 1. The van der Waals surface area contributed by atoms with Crippen LogP contribution in [-0.4, -0.2) is 42.9 Å². The number of carbonyl (C=O) groups is 4. The summed E-state index contributed by atoms with van der Waals surface area (Å²) in [5.41, 5.74) is 0.809. The Morgan fingerprint density at radius 2 is 2.00 bits per heavy atom. The Balaban J connectivity index is 1.94. The van der Waals surface area contributed by atoms with Crippen LogP contribution in [0.15, 0.2) is 24.3 Å². The third kappa shape index (κ3) is 4.09. The SMILES string of the molecule is COC(=O)C(C)NC(=O)CCC1NC(=O)c2ccccc2NC1=O. The largest absolute Gasteiger partial charge is 0.467 e. The monoisotopic (exact) mass is 333 g/mol. The summed E-state index contributed by atoms with van der Waals surface area (Å²) in [5.74, 6) is -1.73. The van der Waals surface area contributed by atoms with Gasteiger partial charge in [0.25, 0.3) is 5.91 Å². The van der Waals surface area contributed by atoms with Crippen molar-refractivity contribution in [1.29, 1.82) is 0 Å². The Labute approximate surface area is 138 Å². The first-order valence-electron chi connectivity index (χ1n) is 7.50. The van der Waals surface area contributed by atoms with E-state index in [1.807, 2.05) is 0 Å². The first-order valence-corrected chi connectivity index (χ1v) is 7.50. The number of hydrogen-bond acceptors (Lipinski definition) is 5. The number of amides is 3. The van der Waals surface area contributed by atoms with E-state index in [4.69, 9.17) is 0 Å². The number of carbonyl (C=O) groups excluding carboxylic acids is 4. The van der Waals surface area contributed by atoms with Gasteiger partial charge in [0.1, 0.15) is 12.1 Å². The maximum absolute atomic E-state index is 12.2. The van der Waals surface area contributed by atoms with Gasteiger partial charge in [-0.25, -0.2) is 4.79 Å². The topological polar surface area (TPSA) is 114 Å². The molecule has 8 heteroatoms. The summed E-state index contributed by atoms with van der Waals surface area (Å²) in [6.45, 7) is 1.50. The number of rotatable bonds is 5. The molecule has 0 saturated heterocycles. The van der Waals surface area contributed by atoms with Crippen molar-refractivity contribution in [3.63, 3.8) is 0 Å². The van der Waals surface area contributed by atoms with Crippen LogP contribution in [0.2, 0.25) is 0 Å². The Hall–Kier alpha value is -2.90. The normalized spacial score (nSPS) is 17.7. The molecule has 0 bridgehead atoms. The lowest BCUT2D eigenvalue weighted by Gasteiger charge is -2.15. The molecule has 0 radical (unpaired) electrons. The highest BCUT2D eigenvalue weighted by atomic mass is 16.5. The van der Waals surface area contributed by atoms with Crippen molar-refractivity contribution >= 4 is 29.4 Å². The number of methoxy groups -OCH3 is 1. The average molecular weight is 333 g/mol. The second-order valence-corrected chi connectivity index (χ2v) is 5.41. The Morgan fingerprint density at radius 1 is 1.29 bits per heavy atom. The summed E-state index contributed by atoms with van der Waals surface area (Å²) in [7, 11) is 1.23. The highest BCUT2D eigenvalue weighted by molar-refractivity contribution is 6.09. The van der Waals surface area contributed by atoms with Crippen LogP contribution in [0.3, 0.4) is 0 Å². The smallest absolute Gasteiger partial charge is 0.328 e. The summed E-state index contributed by atoms with van der Waals surface area (Å²) in [5, 5.41) is 7.74. The van der Waals surface area contributed by atoms with Crippen molar-refractivity contribution in [2.24, 2.45) is 0 Å². The second kappa shape index (κ2) is 7.58. The van der Waals surface area contributed by atoms with Gasteiger partial charge in [-0.3, -0.25) is 14.4 Å². The number of hydrogen-bond donors (Lipinski definition) is 3. The van der Waals surface area contributed by atoms with Crippen LogP contribution in [-0.2, 0) is 19.1 Å². The summed E-state index contributed by atoms with van der Waals surface area (Å²) >= 11 is 0. The van der Waals surface area contributed by atoms with Crippen LogP contribution in [0.5, 0.6) is 0 Å². The lowest BCUT2D eigenvalue weighted by atomic mass is 10.1. The Bertz CT molecular complexity index is 673. The van der Waals surface area contributed by atoms with Gasteiger partial charge < -0.3 is 20.7 Å². The van der Waals surface area contributed by atoms with Gasteiger partial charge in [0, 0.05) is 6.42 Å². The van der Waals surface area contributed by atoms with Crippen molar-refractivity contribution in [2.45, 2.75) is 31.8 Å². The quantitative estimate of drug-likeness (QED) is 0.666. The molecular formula is C16H19N3O5. The fourth-order valence-electron chi connectivity index (χ4n) is 2.34. The molecule has 128 valence electrons. The Morgan fingerprint density at radius 3 is 2.71 bits per heavy atom. The van der Waals surface area contributed by atoms with Crippen LogP contribution in [0.25, 0.3) is 0 Å². The third-order valence-corrected chi connectivity index (χ3v) is 3.64. The molecule has 0 fully saturated rings. The van der Waals surface area contributed by atoms with Gasteiger partial charge in [0.05, 0.1) is 18.4 Å². The van der Waals surface area contributed by atoms with E-state index < -0.39 is 24.0 Å². The molecular weight excluding hydrogens is 314 g/mol. The van der Waals surface area contributed by atoms with Gasteiger partial charge in [0.15, 0.2) is 0 Å². The molecule has 3 amide bonds. The van der Waals surface area contributed by atoms with Gasteiger partial charge in [-0.1, -0.05) is 12.1 Å². The molecule has 0 spiro atoms. The van der Waals surface area contributed by atoms with E-state index in [0.717, 1.165) is 0 Å². The van der Waals surface area contributed by atoms with Crippen LogP contribution < -0.4 is 16.0 Å². The molecule has 1 aromatic carbocycles. The van der Waals surface area contributed by atoms with Crippen LogP contribution >= 0.6 is 0 Å². The number of benzene rings is 1. The van der Waals surface area contributed by atoms with E-state index in [1.165, 1.54) is 14.0 Å². The van der Waals surface area contributed by atoms with Crippen molar-refractivity contribution < 1.29 is 23.9 Å². The minimum absolute atomic E-state index is 0.0178. The van der Waals surface area contributed by atoms with Gasteiger partial charge in [-0.15, -0.1) is 0 Å². The third-order valence-electron chi connectivity index (χ3n) is 3.64. The van der Waals surface area contributed by atoms with Crippen LogP contribution in [0.4, 0.5) is 5.69 Å². The summed E-state index contributed by atoms with van der Waals surface area (Å²) in [6.07, 6.45) is 0.0985. The minimum Gasteiger partial charge on any atom is -0.467 e. The van der Waals surface area contributed by atoms with E-state index in [9.17, 15) is 19.2 Å². The molecule has 2 rings (SSSR count). The number of para-hydroxylation sites is 1. The maximum Gasteiger partial charge on any atom is 0.328 e. The second-order valence-electron chi connectivity index (χ2n) is 5.41. The molecule has 1 aliphatic rings. The van der Waals surface area contributed by atoms with Crippen molar-refractivity contribution in [2.75, 3.05) is 12.4 Å². The van der Waals surface area contributed by atoms with E-state index in [-0.39, 0.29) is 24.7 Å². The number of anilines is 1. The summed E-state index contributed by atoms with van der Waals surface area (Å²) < 4.78 is 4.52. The predicted molar refractivity (Wildman–Crippen MR) is 85.2 cm³/mol. The van der Waals surface area contributed by atoms with Crippen molar-refractivity contribution in [1.82, 2.24) is 10.6 Å². The molecule has 2 unspecified atom stereocenters. The van der Waals surface area contributed by atoms with E-state index in [1.54, 1.807) is 24.3 Å². The zero-order valence-corrected chi connectivity index (χ0v) is 13.4. The molecule has 0 aliphatic carbocycles. The van der Waals surface area contributed by atoms with Crippen molar-refractivity contribution in [3.05, 3.63) is 29.8 Å². The molecule has 1 heterocycles. The maximum atomic E-state index is 12.2. The highest BCUT2D eigenvalue weighted by Gasteiger charge is 2.28. The lowest BCUT2D eigenvalue weighted by molar-refractivity contribution is -0.144. The minimum atomic E-state index is -0.830. The lowest BCUT2D eigenvalue weighted by Crippen LogP contribution is -2.43. The molecule has 3 N–H and O–H groups in total. The Kier molecular flexibility index (Phi) is 5.51. The van der Waals surface area contributed by atoms with Gasteiger partial charge in [-0.2, -0.15) is 0 Å². The zero-order chi connectivity index (χ0) is 17.7. The number of fused-ring (bicyclic) bond motifs is 1. The predicted octanol–water partition coefficient (Wildman–Crippen LogP) is 0.195. The molecule has 24 heavy (non-hydrogen) atoms. The number of nitrogens with one attached hydrogen (secondary N) is 3. The molecule has 1 aliphatic heterocycles. The summed E-state index contributed by atoms with van der Waals surface area (Å²) in [6, 6.07) is 5.06. The van der Waals surface area contributed by atoms with Crippen molar-refractivity contribution in [3.8, 4) is 0 Å². The fraction of sp³-hybridized carbons (Fsp3) is 0.375. The van der Waals surface area contributed by atoms with Crippen LogP contribution in [0.1, 0.15) is 30.1 Å². The molecule has 0 saturated carbocycles. The number of ether oxygens (including phenoxy) is 1. The molecule has 1 aromatic rings. The van der Waals surface area contributed by atoms with E-state index in [0.29, 0.717) is 11.3 Å². The van der Waals surface area contributed by atoms with Gasteiger partial charge >= 0.3 is 5.97 Å². The fourth-order valence-corrected chi connectivity index (χ4v) is 2.34. The van der Waals surface area contributed by atoms with E-state index >= 15 is 0 Å². The van der Waals surface area contributed by atoms with Gasteiger partial charge in [0.2, 0.25) is 11.8 Å². The average Bonchev–Trinajstić information content (AvgIpc) is 2.68. The van der Waals surface area contributed by atoms with E-state index in [2.05, 4.69) is 20.7 Å². The van der Waals surface area contributed by atoms with Crippen LogP contribution in [0, 0.1) is 0 Å². The zero-order valence-electron chi connectivity index (χ0n) is 13.4. The standard InChI is InChI=1S/C16H19N3O5/c1-9(16(23)24-2)17-13(20)8-7-12-15(22)18-11-6-4-3-5-10(11)14(21)19-12/h3-6,9,12H,7-8H2,1-2H3,(H,17,20)(H,18,22)(H,19,21). The highest BCUT2D eigenvalue weighted by Crippen LogP contribution is 2.19. The first-order chi connectivity index (χ1) is 11.4. The molecule has 2 atom stereocenters. The van der Waals surface area contributed by atoms with Gasteiger partial charge in [-0.05, 0) is 25.5 Å². The molecule has 0 aromatic heterocycles.